The van der Waals surface area contributed by atoms with Crippen LogP contribution in [0.3, 0.4) is 0 Å². The normalized spacial score (nSPS) is 23.6. The summed E-state index contributed by atoms with van der Waals surface area (Å²) in [5, 5.41) is 5.44. The maximum atomic E-state index is 12.8. The van der Waals surface area contributed by atoms with Gasteiger partial charge in [-0.15, -0.1) is 0 Å². The molecule has 3 fully saturated rings. The number of sulfonamides is 2. The fourth-order valence-electron chi connectivity index (χ4n) is 5.21. The first kappa shape index (κ1) is 25.4. The van der Waals surface area contributed by atoms with Crippen molar-refractivity contribution in [3.8, 4) is 0 Å². The molecule has 0 bridgehead atoms. The average Bonchev–Trinajstić information content (AvgIpc) is 3.54. The second-order valence-corrected chi connectivity index (χ2v) is 12.8. The zero-order valence-corrected chi connectivity index (χ0v) is 20.7. The first-order valence-corrected chi connectivity index (χ1v) is 14.4. The molecule has 9 nitrogen and oxygen atoms in total. The summed E-state index contributed by atoms with van der Waals surface area (Å²) in [5.41, 5.74) is -0.723. The highest BCUT2D eigenvalue weighted by Crippen LogP contribution is 2.58. The van der Waals surface area contributed by atoms with Crippen molar-refractivity contribution in [3.63, 3.8) is 0 Å². The number of pyridine rings is 1. The Labute approximate surface area is 206 Å². The molecule has 1 aliphatic carbocycles. The predicted molar refractivity (Wildman–Crippen MR) is 123 cm³/mol. The van der Waals surface area contributed by atoms with Crippen LogP contribution >= 0.6 is 0 Å². The number of nitrogens with zero attached hydrogens (tertiary/aromatic N) is 2. The Balaban J connectivity index is 1.33. The predicted octanol–water partition coefficient (Wildman–Crippen LogP) is 2.23. The Morgan fingerprint density at radius 1 is 1.14 bits per heavy atom. The molecule has 2 unspecified atom stereocenters. The van der Waals surface area contributed by atoms with Crippen molar-refractivity contribution in [1.29, 1.82) is 0 Å². The van der Waals surface area contributed by atoms with Crippen molar-refractivity contribution in [2.24, 2.45) is 17.0 Å². The first-order valence-electron chi connectivity index (χ1n) is 11.4. The molecule has 1 saturated carbocycles. The van der Waals surface area contributed by atoms with E-state index >= 15 is 0 Å². The van der Waals surface area contributed by atoms with Gasteiger partial charge in [-0.25, -0.2) is 26.7 Å². The molecule has 196 valence electrons. The second-order valence-electron chi connectivity index (χ2n) is 9.51. The van der Waals surface area contributed by atoms with Crippen molar-refractivity contribution in [3.05, 3.63) is 47.8 Å². The van der Waals surface area contributed by atoms with Gasteiger partial charge in [0, 0.05) is 25.8 Å². The Morgan fingerprint density at radius 2 is 1.86 bits per heavy atom. The van der Waals surface area contributed by atoms with Crippen molar-refractivity contribution >= 4 is 25.7 Å². The molecule has 2 saturated heterocycles. The second kappa shape index (κ2) is 8.65. The molecule has 36 heavy (non-hydrogen) atoms. The van der Waals surface area contributed by atoms with Crippen LogP contribution in [0.15, 0.2) is 46.3 Å². The van der Waals surface area contributed by atoms with Crippen LogP contribution in [0.5, 0.6) is 0 Å². The van der Waals surface area contributed by atoms with Gasteiger partial charge in [-0.3, -0.25) is 4.98 Å². The maximum absolute atomic E-state index is 12.8. The molecule has 0 radical (unpaired) electrons. The largest absolute Gasteiger partial charge is 0.433 e. The van der Waals surface area contributed by atoms with Gasteiger partial charge in [0.25, 0.3) is 0 Å². The van der Waals surface area contributed by atoms with Gasteiger partial charge < -0.3 is 9.64 Å². The summed E-state index contributed by atoms with van der Waals surface area (Å²) in [5.74, 6) is 1.20. The number of hydrogen-bond donors (Lipinski definition) is 2. The van der Waals surface area contributed by atoms with Crippen LogP contribution in [-0.4, -0.2) is 47.1 Å². The number of aromatic nitrogens is 1. The zero-order valence-electron chi connectivity index (χ0n) is 19.0. The van der Waals surface area contributed by atoms with E-state index in [4.69, 9.17) is 9.88 Å². The third-order valence-corrected chi connectivity index (χ3v) is 9.60. The first-order chi connectivity index (χ1) is 16.8. The third kappa shape index (κ3) is 4.84. The van der Waals surface area contributed by atoms with Crippen LogP contribution < -0.4 is 14.8 Å². The standard InChI is InChI=1S/C22H25F3N4O5S2/c23-22(24,25)20-4-1-14(11-27-20)12-28-36(32,33)16-2-3-18(19(10-16)35(26,30)31)29-7-5-21(6-8-29)17-9-15(17)13-34-21/h1-4,10-11,15,17,28H,5-9,12-13H2,(H2,26,30,31). The van der Waals surface area contributed by atoms with Crippen molar-refractivity contribution in [2.75, 3.05) is 24.6 Å². The van der Waals surface area contributed by atoms with Gasteiger partial charge in [-0.1, -0.05) is 6.07 Å². The molecular formula is C22H25F3N4O5S2. The van der Waals surface area contributed by atoms with E-state index in [1.54, 1.807) is 0 Å². The number of piperidine rings is 1. The number of nitrogens with one attached hydrogen (secondary N) is 1. The minimum absolute atomic E-state index is 0.150. The maximum Gasteiger partial charge on any atom is 0.433 e. The number of halogens is 3. The minimum Gasteiger partial charge on any atom is -0.374 e. The summed E-state index contributed by atoms with van der Waals surface area (Å²) in [6.45, 7) is 1.54. The van der Waals surface area contributed by atoms with Crippen molar-refractivity contribution < 1.29 is 34.7 Å². The average molecular weight is 547 g/mol. The van der Waals surface area contributed by atoms with Crippen molar-refractivity contribution in [1.82, 2.24) is 9.71 Å². The number of anilines is 1. The van der Waals surface area contributed by atoms with E-state index in [9.17, 15) is 30.0 Å². The van der Waals surface area contributed by atoms with E-state index in [2.05, 4.69) is 9.71 Å². The van der Waals surface area contributed by atoms with Crippen LogP contribution in [0, 0.1) is 11.8 Å². The Hall–Kier alpha value is -2.26. The van der Waals surface area contributed by atoms with Gasteiger partial charge in [-0.2, -0.15) is 13.2 Å². The van der Waals surface area contributed by atoms with Gasteiger partial charge in [0.15, 0.2) is 0 Å². The lowest BCUT2D eigenvalue weighted by atomic mass is 9.86. The quantitative estimate of drug-likeness (QED) is 0.568. The number of fused-ring (bicyclic) bond motifs is 2. The van der Waals surface area contributed by atoms with Gasteiger partial charge >= 0.3 is 6.18 Å². The van der Waals surface area contributed by atoms with Gasteiger partial charge in [0.1, 0.15) is 10.6 Å². The van der Waals surface area contributed by atoms with Crippen LogP contribution in [0.25, 0.3) is 0 Å². The molecule has 1 aromatic heterocycles. The highest BCUT2D eigenvalue weighted by Gasteiger charge is 2.59. The molecule has 2 aromatic rings. The van der Waals surface area contributed by atoms with E-state index in [0.717, 1.165) is 43.8 Å². The minimum atomic E-state index is -4.61. The van der Waals surface area contributed by atoms with Crippen LogP contribution in [0.1, 0.15) is 30.5 Å². The summed E-state index contributed by atoms with van der Waals surface area (Å²) in [6, 6.07) is 5.57. The fourth-order valence-corrected chi connectivity index (χ4v) is 7.10. The molecule has 2 atom stereocenters. The molecule has 5 rings (SSSR count). The van der Waals surface area contributed by atoms with E-state index in [0.29, 0.717) is 30.6 Å². The SMILES string of the molecule is NS(=O)(=O)c1cc(S(=O)(=O)NCc2ccc(C(F)(F)F)nc2)ccc1N1CCC2(CC1)OCC1CC12. The zero-order chi connectivity index (χ0) is 25.9. The summed E-state index contributed by atoms with van der Waals surface area (Å²) >= 11 is 0. The van der Waals surface area contributed by atoms with E-state index < -0.39 is 31.9 Å². The summed E-state index contributed by atoms with van der Waals surface area (Å²) in [4.78, 5) is 4.53. The Kier molecular flexibility index (Phi) is 6.10. The van der Waals surface area contributed by atoms with Gasteiger partial charge in [0.2, 0.25) is 20.0 Å². The monoisotopic (exact) mass is 546 g/mol. The number of rotatable bonds is 6. The Bertz CT molecular complexity index is 1370. The van der Waals surface area contributed by atoms with Crippen LogP contribution in [0.2, 0.25) is 0 Å². The number of hydrogen-bond acceptors (Lipinski definition) is 7. The molecule has 3 heterocycles. The molecule has 0 amide bonds. The molecule has 3 N–H and O–H groups in total. The lowest BCUT2D eigenvalue weighted by Gasteiger charge is -2.41. The van der Waals surface area contributed by atoms with Crippen LogP contribution in [0.4, 0.5) is 18.9 Å². The van der Waals surface area contributed by atoms with Gasteiger partial charge in [0.05, 0.1) is 22.8 Å². The van der Waals surface area contributed by atoms with Gasteiger partial charge in [-0.05, 0) is 60.9 Å². The van der Waals surface area contributed by atoms with E-state index in [-0.39, 0.29) is 27.5 Å². The third-order valence-electron chi connectivity index (χ3n) is 7.26. The van der Waals surface area contributed by atoms with Crippen molar-refractivity contribution in [2.45, 2.75) is 47.4 Å². The Morgan fingerprint density at radius 3 is 2.39 bits per heavy atom. The smallest absolute Gasteiger partial charge is 0.374 e. The number of ether oxygens (including phenoxy) is 1. The number of alkyl halides is 3. The number of benzene rings is 1. The lowest BCUT2D eigenvalue weighted by molar-refractivity contribution is -0.141. The summed E-state index contributed by atoms with van der Waals surface area (Å²) in [7, 11) is -8.47. The van der Waals surface area contributed by atoms with Crippen LogP contribution in [-0.2, 0) is 37.5 Å². The molecule has 2 aliphatic heterocycles. The topological polar surface area (TPSA) is 132 Å². The van der Waals surface area contributed by atoms with E-state index in [1.165, 1.54) is 18.6 Å². The highest BCUT2D eigenvalue weighted by atomic mass is 32.2. The summed E-state index contributed by atoms with van der Waals surface area (Å²) < 4.78 is 96.8. The number of primary sulfonamides is 1. The molecule has 3 aliphatic rings. The molecule has 14 heteroatoms. The summed E-state index contributed by atoms with van der Waals surface area (Å²) in [6.07, 6.45) is -1.01. The number of nitrogens with two attached hydrogens (primary N) is 1. The molecular weight excluding hydrogens is 521 g/mol. The fraction of sp³-hybridized carbons (Fsp3) is 0.500. The van der Waals surface area contributed by atoms with E-state index in [1.807, 2.05) is 4.90 Å². The highest BCUT2D eigenvalue weighted by molar-refractivity contribution is 7.90. The molecule has 1 aromatic carbocycles. The molecule has 1 spiro atoms. The lowest BCUT2D eigenvalue weighted by Crippen LogP contribution is -2.46.